The zero-order valence-electron chi connectivity index (χ0n) is 11.3. The Morgan fingerprint density at radius 2 is 2.05 bits per heavy atom. The quantitative estimate of drug-likeness (QED) is 0.757. The average molecular weight is 380 g/mol. The van der Waals surface area contributed by atoms with Crippen molar-refractivity contribution in [1.82, 2.24) is 14.8 Å². The number of hydrogen-bond donors (Lipinski definition) is 1. The van der Waals surface area contributed by atoms with E-state index in [1.807, 2.05) is 13.8 Å². The minimum Gasteiger partial charge on any atom is -0.300 e. The number of nitrogens with zero attached hydrogens (tertiary/aromatic N) is 2. The van der Waals surface area contributed by atoms with Crippen molar-refractivity contribution < 1.29 is 13.2 Å². The molecule has 2 rings (SSSR count). The largest absolute Gasteiger partial charge is 0.417 e. The molecule has 0 bridgehead atoms. The Balaban J connectivity index is 2.66. The van der Waals surface area contributed by atoms with Crippen molar-refractivity contribution in [2.45, 2.75) is 26.6 Å². The van der Waals surface area contributed by atoms with Crippen LogP contribution >= 0.6 is 28.1 Å². The van der Waals surface area contributed by atoms with Gasteiger partial charge in [0.25, 0.3) is 0 Å². The van der Waals surface area contributed by atoms with E-state index in [1.165, 1.54) is 6.07 Å². The topological polar surface area (TPSA) is 33.6 Å². The molecule has 8 heteroatoms. The summed E-state index contributed by atoms with van der Waals surface area (Å²) in [5, 5.41) is 6.54. The normalized spacial score (nSPS) is 12.1. The van der Waals surface area contributed by atoms with Crippen LogP contribution in [0, 0.1) is 10.7 Å². The summed E-state index contributed by atoms with van der Waals surface area (Å²) in [5.41, 5.74) is -0.727. The second-order valence-corrected chi connectivity index (χ2v) is 6.35. The van der Waals surface area contributed by atoms with E-state index >= 15 is 0 Å². The van der Waals surface area contributed by atoms with E-state index in [0.29, 0.717) is 15.8 Å². The minimum absolute atomic E-state index is 0.0127. The van der Waals surface area contributed by atoms with E-state index in [2.05, 4.69) is 26.1 Å². The Bertz CT molecular complexity index is 703. The van der Waals surface area contributed by atoms with Crippen LogP contribution in [0.1, 0.15) is 19.4 Å². The lowest BCUT2D eigenvalue weighted by Crippen LogP contribution is -2.11. The van der Waals surface area contributed by atoms with Gasteiger partial charge in [-0.05, 0) is 36.3 Å². The Labute approximate surface area is 133 Å². The molecule has 0 spiro atoms. The molecule has 2 aromatic rings. The van der Waals surface area contributed by atoms with Crippen LogP contribution in [0.15, 0.2) is 22.7 Å². The maximum Gasteiger partial charge on any atom is 0.417 e. The van der Waals surface area contributed by atoms with Gasteiger partial charge in [0, 0.05) is 16.6 Å². The first-order valence-corrected chi connectivity index (χ1v) is 7.42. The van der Waals surface area contributed by atoms with Crippen molar-refractivity contribution in [1.29, 1.82) is 0 Å². The van der Waals surface area contributed by atoms with Crippen molar-refractivity contribution in [3.05, 3.63) is 33.0 Å². The first kappa shape index (κ1) is 16.2. The second-order valence-electron chi connectivity index (χ2n) is 5.04. The molecule has 0 fully saturated rings. The fourth-order valence-electron chi connectivity index (χ4n) is 2.00. The van der Waals surface area contributed by atoms with Crippen molar-refractivity contribution in [2.24, 2.45) is 5.92 Å². The van der Waals surface area contributed by atoms with E-state index in [9.17, 15) is 13.2 Å². The molecule has 114 valence electrons. The smallest absolute Gasteiger partial charge is 0.300 e. The number of hydrogen-bond acceptors (Lipinski definition) is 2. The van der Waals surface area contributed by atoms with Gasteiger partial charge in [-0.2, -0.15) is 18.3 Å². The summed E-state index contributed by atoms with van der Waals surface area (Å²) in [4.78, 5) is 0. The van der Waals surface area contributed by atoms with Crippen molar-refractivity contribution in [2.75, 3.05) is 0 Å². The second kappa shape index (κ2) is 5.92. The van der Waals surface area contributed by atoms with E-state index in [1.54, 1.807) is 10.6 Å². The monoisotopic (exact) mass is 379 g/mol. The predicted molar refractivity (Wildman–Crippen MR) is 80.4 cm³/mol. The lowest BCUT2D eigenvalue weighted by atomic mass is 10.1. The minimum atomic E-state index is -4.46. The van der Waals surface area contributed by atoms with Crippen molar-refractivity contribution >= 4 is 28.1 Å². The highest BCUT2D eigenvalue weighted by molar-refractivity contribution is 9.10. The van der Waals surface area contributed by atoms with Crippen LogP contribution in [-0.4, -0.2) is 14.8 Å². The third-order valence-electron chi connectivity index (χ3n) is 2.83. The van der Waals surface area contributed by atoms with Crippen LogP contribution < -0.4 is 0 Å². The molecule has 1 N–H and O–H groups in total. The number of aromatic nitrogens is 3. The van der Waals surface area contributed by atoms with Crippen LogP contribution in [-0.2, 0) is 12.7 Å². The van der Waals surface area contributed by atoms with Gasteiger partial charge in [-0.15, -0.1) is 0 Å². The first-order valence-electron chi connectivity index (χ1n) is 6.22. The highest BCUT2D eigenvalue weighted by Crippen LogP contribution is 2.38. The lowest BCUT2D eigenvalue weighted by molar-refractivity contribution is -0.137. The molecule has 0 saturated carbocycles. The maximum atomic E-state index is 13.2. The SMILES string of the molecule is CC(C)Cn1c(-c2ccc(Br)cc2C(F)(F)F)n[nH]c1=S. The average Bonchev–Trinajstić information content (AvgIpc) is 2.69. The van der Waals surface area contributed by atoms with E-state index < -0.39 is 11.7 Å². The predicted octanol–water partition coefficient (Wildman–Crippen LogP) is 5.04. The fraction of sp³-hybridized carbons (Fsp3) is 0.385. The summed E-state index contributed by atoms with van der Waals surface area (Å²) < 4.78 is 41.9. The van der Waals surface area contributed by atoms with Gasteiger partial charge in [0.05, 0.1) is 5.56 Å². The summed E-state index contributed by atoms with van der Waals surface area (Å²) in [5.74, 6) is 0.436. The molecule has 0 aliphatic heterocycles. The van der Waals surface area contributed by atoms with Gasteiger partial charge >= 0.3 is 6.18 Å². The van der Waals surface area contributed by atoms with Crippen LogP contribution in [0.3, 0.4) is 0 Å². The molecule has 0 aliphatic carbocycles. The molecule has 0 unspecified atom stereocenters. The maximum absolute atomic E-state index is 13.2. The Morgan fingerprint density at radius 1 is 1.38 bits per heavy atom. The molecule has 1 heterocycles. The van der Waals surface area contributed by atoms with Crippen LogP contribution in [0.2, 0.25) is 0 Å². The summed E-state index contributed by atoms with van der Waals surface area (Å²) in [6.07, 6.45) is -4.46. The van der Waals surface area contributed by atoms with Gasteiger partial charge in [0.1, 0.15) is 0 Å². The molecule has 3 nitrogen and oxygen atoms in total. The number of halogens is 4. The molecule has 0 radical (unpaired) electrons. The molecule has 0 amide bonds. The summed E-state index contributed by atoms with van der Waals surface area (Å²) in [7, 11) is 0. The first-order chi connectivity index (χ1) is 9.70. The van der Waals surface area contributed by atoms with Crippen LogP contribution in [0.25, 0.3) is 11.4 Å². The number of H-pyrrole nitrogens is 1. The molecule has 21 heavy (non-hydrogen) atoms. The lowest BCUT2D eigenvalue weighted by Gasteiger charge is -2.15. The highest BCUT2D eigenvalue weighted by Gasteiger charge is 2.35. The zero-order chi connectivity index (χ0) is 15.8. The Morgan fingerprint density at radius 3 is 2.62 bits per heavy atom. The van der Waals surface area contributed by atoms with Gasteiger partial charge in [0.15, 0.2) is 10.6 Å². The molecule has 1 aromatic heterocycles. The van der Waals surface area contributed by atoms with Gasteiger partial charge < -0.3 is 0 Å². The number of nitrogens with one attached hydrogen (secondary N) is 1. The molecule has 1 aromatic carbocycles. The van der Waals surface area contributed by atoms with Gasteiger partial charge in [-0.25, -0.2) is 0 Å². The van der Waals surface area contributed by atoms with E-state index in [-0.39, 0.29) is 17.3 Å². The van der Waals surface area contributed by atoms with Crippen molar-refractivity contribution in [3.8, 4) is 11.4 Å². The molecular weight excluding hydrogens is 367 g/mol. The fourth-order valence-corrected chi connectivity index (χ4v) is 2.57. The van der Waals surface area contributed by atoms with Crippen LogP contribution in [0.4, 0.5) is 13.2 Å². The summed E-state index contributed by atoms with van der Waals surface area (Å²) >= 11 is 8.18. The molecule has 0 saturated heterocycles. The van der Waals surface area contributed by atoms with Crippen LogP contribution in [0.5, 0.6) is 0 Å². The number of aromatic amines is 1. The standard InChI is InChI=1S/C13H13BrF3N3S/c1-7(2)6-20-11(18-19-12(20)21)9-4-3-8(14)5-10(9)13(15,16)17/h3-5,7H,6H2,1-2H3,(H,19,21). The summed E-state index contributed by atoms with van der Waals surface area (Å²) in [6, 6.07) is 4.00. The van der Waals surface area contributed by atoms with Gasteiger partial charge in [-0.3, -0.25) is 9.67 Å². The Hall–Kier alpha value is -1.15. The highest BCUT2D eigenvalue weighted by atomic mass is 79.9. The number of benzene rings is 1. The summed E-state index contributed by atoms with van der Waals surface area (Å²) in [6.45, 7) is 4.42. The molecular formula is C13H13BrF3N3S. The van der Waals surface area contributed by atoms with Crippen molar-refractivity contribution in [3.63, 3.8) is 0 Å². The third kappa shape index (κ3) is 3.55. The molecule has 0 aliphatic rings. The van der Waals surface area contributed by atoms with Gasteiger partial charge in [0.2, 0.25) is 0 Å². The Kier molecular flexibility index (Phi) is 4.57. The zero-order valence-corrected chi connectivity index (χ0v) is 13.7. The number of rotatable bonds is 3. The van der Waals surface area contributed by atoms with E-state index in [0.717, 1.165) is 6.07 Å². The third-order valence-corrected chi connectivity index (χ3v) is 3.64. The van der Waals surface area contributed by atoms with E-state index in [4.69, 9.17) is 12.2 Å². The molecule has 0 atom stereocenters. The number of alkyl halides is 3. The van der Waals surface area contributed by atoms with Gasteiger partial charge in [-0.1, -0.05) is 29.8 Å².